The highest BCUT2D eigenvalue weighted by molar-refractivity contribution is 7.49. The van der Waals surface area contributed by atoms with Gasteiger partial charge in [0.15, 0.2) is 6.71 Å². The van der Waals surface area contributed by atoms with Gasteiger partial charge in [-0.3, -0.25) is 0 Å². The van der Waals surface area contributed by atoms with Gasteiger partial charge in [-0.2, -0.15) is 0 Å². The van der Waals surface area contributed by atoms with E-state index in [2.05, 4.69) is 20.8 Å². The number of hydrogen-bond donors (Lipinski definition) is 0. The summed E-state index contributed by atoms with van der Waals surface area (Å²) in [5.41, 5.74) is 1.89. The van der Waals surface area contributed by atoms with Crippen molar-refractivity contribution in [3.63, 3.8) is 0 Å². The molecule has 3 aliphatic rings. The van der Waals surface area contributed by atoms with Crippen molar-refractivity contribution in [3.8, 4) is 0 Å². The molecule has 2 fully saturated rings. The summed E-state index contributed by atoms with van der Waals surface area (Å²) in [6, 6.07) is 1.06. The average molecular weight is 329 g/mol. The molecule has 0 aromatic heterocycles. The van der Waals surface area contributed by atoms with Crippen LogP contribution in [0.2, 0.25) is 17.7 Å². The van der Waals surface area contributed by atoms with Crippen molar-refractivity contribution in [3.05, 3.63) is 10.7 Å². The van der Waals surface area contributed by atoms with Crippen LogP contribution >= 0.6 is 22.2 Å². The molecule has 3 rings (SSSR count). The van der Waals surface area contributed by atoms with Crippen LogP contribution in [-0.4, -0.2) is 13.4 Å². The van der Waals surface area contributed by atoms with E-state index in [1.165, 1.54) is 50.1 Å². The van der Waals surface area contributed by atoms with Gasteiger partial charge in [-0.05, 0) is 17.9 Å². The quantitative estimate of drug-likeness (QED) is 0.389. The maximum atomic E-state index is 6.84. The summed E-state index contributed by atoms with van der Waals surface area (Å²) in [6.07, 6.45) is 9.89. The fourth-order valence-corrected chi connectivity index (χ4v) is 11.1. The third-order valence-electron chi connectivity index (χ3n) is 5.86. The van der Waals surface area contributed by atoms with E-state index in [4.69, 9.17) is 22.2 Å². The molecule has 4 heteroatoms. The largest absolute Gasteiger partial charge is 0.276 e. The molecule has 112 valence electrons. The first-order valence-corrected chi connectivity index (χ1v) is 12.7. The smallest absolute Gasteiger partial charge is 0.140 e. The van der Waals surface area contributed by atoms with Gasteiger partial charge in [0.05, 0.1) is 0 Å². The monoisotopic (exact) mass is 328 g/mol. The molecule has 0 spiro atoms. The second-order valence-corrected chi connectivity index (χ2v) is 15.1. The highest BCUT2D eigenvalue weighted by Gasteiger charge is 2.51. The Balaban J connectivity index is 2.02. The first-order valence-electron chi connectivity index (χ1n) is 8.42. The van der Waals surface area contributed by atoms with E-state index in [1.807, 2.05) is 0 Å². The van der Waals surface area contributed by atoms with Gasteiger partial charge in [0.1, 0.15) is 0 Å². The lowest BCUT2D eigenvalue weighted by molar-refractivity contribution is 0.444. The molecule has 20 heavy (non-hydrogen) atoms. The molecule has 2 bridgehead atoms. The molecule has 0 aliphatic carbocycles. The zero-order valence-corrected chi connectivity index (χ0v) is 15.7. The molecule has 0 amide bonds. The van der Waals surface area contributed by atoms with E-state index < -0.39 is 6.69 Å². The molecule has 0 nitrogen and oxygen atoms in total. The molecule has 0 saturated carbocycles. The Bertz CT molecular complexity index is 403. The zero-order valence-electron chi connectivity index (χ0n) is 13.1. The normalized spacial score (nSPS) is 33.8. The summed E-state index contributed by atoms with van der Waals surface area (Å²) in [7, 11) is 0. The summed E-state index contributed by atoms with van der Waals surface area (Å²) < 4.78 is 0. The van der Waals surface area contributed by atoms with Crippen LogP contribution in [0, 0.1) is 5.41 Å². The molecule has 3 aliphatic heterocycles. The fourth-order valence-electron chi connectivity index (χ4n) is 5.39. The van der Waals surface area contributed by atoms with Crippen LogP contribution in [0.25, 0.3) is 0 Å². The Morgan fingerprint density at radius 3 is 1.95 bits per heavy atom. The lowest BCUT2D eigenvalue weighted by atomic mass is 9.24. The highest BCUT2D eigenvalue weighted by Crippen LogP contribution is 2.56. The summed E-state index contributed by atoms with van der Waals surface area (Å²) in [4.78, 5) is 0. The Labute approximate surface area is 135 Å². The van der Waals surface area contributed by atoms with Crippen molar-refractivity contribution >= 4 is 35.6 Å². The molecule has 0 unspecified atom stereocenters. The van der Waals surface area contributed by atoms with Crippen molar-refractivity contribution in [2.45, 2.75) is 83.4 Å². The average Bonchev–Trinajstić information content (AvgIpc) is 2.63. The van der Waals surface area contributed by atoms with Crippen LogP contribution in [-0.2, 0) is 0 Å². The summed E-state index contributed by atoms with van der Waals surface area (Å²) >= 11 is 13.7. The lowest BCUT2D eigenvalue weighted by Gasteiger charge is -2.43. The molecule has 0 aromatic rings. The first-order chi connectivity index (χ1) is 9.31. The van der Waals surface area contributed by atoms with Crippen LogP contribution in [0.3, 0.4) is 0 Å². The van der Waals surface area contributed by atoms with Crippen molar-refractivity contribution in [2.24, 2.45) is 5.41 Å². The fraction of sp³-hybridized carbons (Fsp3) is 0.875. The van der Waals surface area contributed by atoms with Gasteiger partial charge in [-0.25, -0.2) is 0 Å². The summed E-state index contributed by atoms with van der Waals surface area (Å²) in [5, 5.41) is 1.51. The molecule has 0 radical (unpaired) electrons. The van der Waals surface area contributed by atoms with Gasteiger partial charge in [0.2, 0.25) is 0 Å². The first kappa shape index (κ1) is 15.5. The van der Waals surface area contributed by atoms with Gasteiger partial charge in [-0.15, -0.1) is 27.6 Å². The Morgan fingerprint density at radius 2 is 1.50 bits per heavy atom. The van der Waals surface area contributed by atoms with E-state index in [0.717, 1.165) is 24.4 Å². The van der Waals surface area contributed by atoms with Crippen LogP contribution in [0.4, 0.5) is 0 Å². The highest BCUT2D eigenvalue weighted by atomic mass is 35.7. The minimum Gasteiger partial charge on any atom is -0.140 e. The Morgan fingerprint density at radius 1 is 1.00 bits per heavy atom. The Hall–Kier alpha value is 0.602. The second-order valence-electron chi connectivity index (χ2n) is 8.26. The van der Waals surface area contributed by atoms with Crippen molar-refractivity contribution in [1.29, 1.82) is 0 Å². The van der Waals surface area contributed by atoms with E-state index in [1.54, 1.807) is 5.47 Å². The van der Waals surface area contributed by atoms with E-state index in [0.29, 0.717) is 0 Å². The van der Waals surface area contributed by atoms with Gasteiger partial charge in [0, 0.05) is 0 Å². The predicted octanol–water partition coefficient (Wildman–Crippen LogP) is 6.33. The molecule has 3 heterocycles. The van der Waals surface area contributed by atoms with Crippen molar-refractivity contribution in [1.82, 2.24) is 0 Å². The summed E-state index contributed by atoms with van der Waals surface area (Å²) in [6.45, 7) is 5.61. The topological polar surface area (TPSA) is 0 Å². The maximum absolute atomic E-state index is 6.84. The van der Waals surface area contributed by atoms with Crippen LogP contribution in [0.15, 0.2) is 10.7 Å². The number of allylic oxidation sites excluding steroid dienone is 2. The standard InChI is InChI=1S/C16H27BCl2Si/c1-16(2,3)15-14(10-11-20(15,18)19)17-12-6-4-7-13(17)9-5-8-12/h12-13H,4-11H2,1-3H3. The number of fused-ring (bicyclic) bond motifs is 2. The molecule has 2 saturated heterocycles. The van der Waals surface area contributed by atoms with E-state index >= 15 is 0 Å². The van der Waals surface area contributed by atoms with Crippen LogP contribution in [0.5, 0.6) is 0 Å². The number of hydrogen-bond acceptors (Lipinski definition) is 0. The minimum absolute atomic E-state index is 0.160. The lowest BCUT2D eigenvalue weighted by Crippen LogP contribution is -2.38. The molecular formula is C16H27BCl2Si. The molecular weight excluding hydrogens is 302 g/mol. The van der Waals surface area contributed by atoms with Gasteiger partial charge >= 0.3 is 0 Å². The second kappa shape index (κ2) is 5.35. The maximum Gasteiger partial charge on any atom is 0.276 e. The number of rotatable bonds is 1. The van der Waals surface area contributed by atoms with E-state index in [-0.39, 0.29) is 5.41 Å². The molecule has 0 N–H and O–H groups in total. The molecule has 0 aromatic carbocycles. The van der Waals surface area contributed by atoms with Gasteiger partial charge < -0.3 is 0 Å². The third-order valence-corrected chi connectivity index (χ3v) is 10.8. The SMILES string of the molecule is CC(C)(C)C1=C(B2C3CCCC2CCC3)CC[Si]1(Cl)Cl. The minimum atomic E-state index is -2.18. The predicted molar refractivity (Wildman–Crippen MR) is 94.3 cm³/mol. The number of halogens is 2. The van der Waals surface area contributed by atoms with Crippen LogP contribution in [0.1, 0.15) is 65.7 Å². The van der Waals surface area contributed by atoms with Gasteiger partial charge in [0.25, 0.3) is 6.69 Å². The van der Waals surface area contributed by atoms with Crippen molar-refractivity contribution in [2.75, 3.05) is 0 Å². The third kappa shape index (κ3) is 2.65. The van der Waals surface area contributed by atoms with Crippen LogP contribution < -0.4 is 0 Å². The van der Waals surface area contributed by atoms with E-state index in [9.17, 15) is 0 Å². The van der Waals surface area contributed by atoms with Crippen molar-refractivity contribution < 1.29 is 0 Å². The zero-order chi connectivity index (χ0) is 14.5. The van der Waals surface area contributed by atoms with Gasteiger partial charge in [-0.1, -0.05) is 76.1 Å². The molecule has 0 atom stereocenters. The Kier molecular flexibility index (Phi) is 4.15. The summed E-state index contributed by atoms with van der Waals surface area (Å²) in [5.74, 6) is 1.87.